The molecule has 0 aromatic heterocycles. The van der Waals surface area contributed by atoms with Gasteiger partial charge in [0.05, 0.1) is 18.4 Å². The highest BCUT2D eigenvalue weighted by atomic mass is 16.5. The third-order valence-electron chi connectivity index (χ3n) is 1.91. The average Bonchev–Trinajstić information content (AvgIpc) is 2.18. The summed E-state index contributed by atoms with van der Waals surface area (Å²) in [5, 5.41) is 8.86. The van der Waals surface area contributed by atoms with Gasteiger partial charge in [0.1, 0.15) is 5.75 Å². The van der Waals surface area contributed by atoms with E-state index in [-0.39, 0.29) is 11.3 Å². The number of aromatic carboxylic acids is 1. The van der Waals surface area contributed by atoms with Crippen molar-refractivity contribution < 1.29 is 19.4 Å². The molecule has 0 aliphatic rings. The number of hydrogen-bond acceptors (Lipinski definition) is 4. The summed E-state index contributed by atoms with van der Waals surface area (Å²) in [6, 6.07) is 2.79. The molecule has 78 valence electrons. The molecule has 0 amide bonds. The van der Waals surface area contributed by atoms with E-state index in [4.69, 9.17) is 9.84 Å². The maximum atomic E-state index is 10.8. The van der Waals surface area contributed by atoms with E-state index in [0.29, 0.717) is 11.3 Å². The molecule has 0 bridgehead atoms. The minimum Gasteiger partial charge on any atom is -0.496 e. The van der Waals surface area contributed by atoms with Gasteiger partial charge in [0, 0.05) is 0 Å². The van der Waals surface area contributed by atoms with Crippen LogP contribution in [0.15, 0.2) is 17.1 Å². The number of nitrogens with zero attached hydrogens (tertiary/aromatic N) is 1. The monoisotopic (exact) mass is 207 g/mol. The molecular weight excluding hydrogens is 198 g/mol. The number of benzene rings is 1. The van der Waals surface area contributed by atoms with Crippen molar-refractivity contribution in [1.82, 2.24) is 0 Å². The van der Waals surface area contributed by atoms with Crippen LogP contribution in [0.4, 0.5) is 5.69 Å². The zero-order chi connectivity index (χ0) is 11.4. The van der Waals surface area contributed by atoms with Crippen molar-refractivity contribution in [2.75, 3.05) is 7.11 Å². The molecule has 1 rings (SSSR count). The number of aliphatic imine (C=N–C) groups is 1. The first kappa shape index (κ1) is 10.9. The predicted octanol–water partition coefficient (Wildman–Crippen LogP) is 1.67. The van der Waals surface area contributed by atoms with Crippen LogP contribution >= 0.6 is 0 Å². The molecule has 0 saturated heterocycles. The molecule has 0 fully saturated rings. The molecule has 5 heteroatoms. The molecule has 5 nitrogen and oxygen atoms in total. The number of hydrogen-bond donors (Lipinski definition) is 1. The molecule has 0 unspecified atom stereocenters. The lowest BCUT2D eigenvalue weighted by Crippen LogP contribution is -1.99. The van der Waals surface area contributed by atoms with E-state index in [0.717, 1.165) is 0 Å². The van der Waals surface area contributed by atoms with Crippen molar-refractivity contribution in [3.05, 3.63) is 23.3 Å². The van der Waals surface area contributed by atoms with Gasteiger partial charge < -0.3 is 9.84 Å². The van der Waals surface area contributed by atoms with Crippen molar-refractivity contribution in [3.8, 4) is 5.75 Å². The number of carbonyl (C=O) groups excluding carboxylic acids is 1. The second-order valence-corrected chi connectivity index (χ2v) is 2.85. The van der Waals surface area contributed by atoms with E-state index < -0.39 is 5.97 Å². The Morgan fingerprint density at radius 2 is 2.20 bits per heavy atom. The fourth-order valence-electron chi connectivity index (χ4n) is 1.21. The zero-order valence-corrected chi connectivity index (χ0v) is 8.27. The van der Waals surface area contributed by atoms with Crippen molar-refractivity contribution in [2.24, 2.45) is 4.99 Å². The summed E-state index contributed by atoms with van der Waals surface area (Å²) in [6.45, 7) is 1.73. The summed E-state index contributed by atoms with van der Waals surface area (Å²) in [7, 11) is 1.44. The van der Waals surface area contributed by atoms with Gasteiger partial charge in [0.2, 0.25) is 6.08 Å². The first-order valence-electron chi connectivity index (χ1n) is 4.10. The van der Waals surface area contributed by atoms with Crippen LogP contribution < -0.4 is 4.74 Å². The molecule has 0 heterocycles. The first-order chi connectivity index (χ1) is 7.10. The fourth-order valence-corrected chi connectivity index (χ4v) is 1.21. The Labute approximate surface area is 86.0 Å². The van der Waals surface area contributed by atoms with Crippen molar-refractivity contribution in [3.63, 3.8) is 0 Å². The molecule has 15 heavy (non-hydrogen) atoms. The molecule has 1 aromatic carbocycles. The van der Waals surface area contributed by atoms with Gasteiger partial charge in [-0.25, -0.2) is 9.59 Å². The summed E-state index contributed by atoms with van der Waals surface area (Å²) in [4.78, 5) is 24.3. The lowest BCUT2D eigenvalue weighted by molar-refractivity contribution is 0.0697. The summed E-state index contributed by atoms with van der Waals surface area (Å²) in [5.41, 5.74) is 0.702. The number of carbonyl (C=O) groups is 1. The van der Waals surface area contributed by atoms with E-state index in [1.54, 1.807) is 6.92 Å². The lowest BCUT2D eigenvalue weighted by atomic mass is 10.1. The van der Waals surface area contributed by atoms with Crippen LogP contribution in [0.25, 0.3) is 0 Å². The lowest BCUT2D eigenvalue weighted by Gasteiger charge is -2.07. The van der Waals surface area contributed by atoms with E-state index in [1.807, 2.05) is 0 Å². The summed E-state index contributed by atoms with van der Waals surface area (Å²) in [5.74, 6) is -0.723. The zero-order valence-electron chi connectivity index (χ0n) is 8.27. The normalized spacial score (nSPS) is 9.20. The predicted molar refractivity (Wildman–Crippen MR) is 52.5 cm³/mol. The first-order valence-corrected chi connectivity index (χ1v) is 4.10. The van der Waals surface area contributed by atoms with E-state index >= 15 is 0 Å². The SMILES string of the molecule is COc1cc(C(=O)O)c(N=C=O)cc1C. The van der Waals surface area contributed by atoms with Crippen LogP contribution in [0.5, 0.6) is 5.75 Å². The van der Waals surface area contributed by atoms with Crippen LogP contribution in [0.3, 0.4) is 0 Å². The van der Waals surface area contributed by atoms with E-state index in [1.165, 1.54) is 25.3 Å². The third kappa shape index (κ3) is 2.21. The highest BCUT2D eigenvalue weighted by Crippen LogP contribution is 2.28. The van der Waals surface area contributed by atoms with Crippen LogP contribution in [0, 0.1) is 6.92 Å². The minimum absolute atomic E-state index is 0.0794. The molecule has 1 N–H and O–H groups in total. The number of ether oxygens (including phenoxy) is 1. The smallest absolute Gasteiger partial charge is 0.338 e. The maximum absolute atomic E-state index is 10.8. The standard InChI is InChI=1S/C10H9NO4/c1-6-3-8(11-5-12)7(10(13)14)4-9(6)15-2/h3-4H,1-2H3,(H,13,14). The number of carboxylic acids is 1. The van der Waals surface area contributed by atoms with E-state index in [2.05, 4.69) is 4.99 Å². The van der Waals surface area contributed by atoms with Gasteiger partial charge in [-0.2, -0.15) is 4.99 Å². The number of isocyanates is 1. The van der Waals surface area contributed by atoms with Crippen LogP contribution in [-0.2, 0) is 4.79 Å². The van der Waals surface area contributed by atoms with Gasteiger partial charge in [-0.1, -0.05) is 0 Å². The Hall–Kier alpha value is -2.13. The summed E-state index contributed by atoms with van der Waals surface area (Å²) < 4.78 is 4.97. The van der Waals surface area contributed by atoms with Gasteiger partial charge in [0.15, 0.2) is 0 Å². The fraction of sp³-hybridized carbons (Fsp3) is 0.200. The minimum atomic E-state index is -1.16. The molecule has 0 spiro atoms. The Morgan fingerprint density at radius 1 is 1.53 bits per heavy atom. The molecular formula is C10H9NO4. The van der Waals surface area contributed by atoms with Crippen LogP contribution in [-0.4, -0.2) is 24.3 Å². The largest absolute Gasteiger partial charge is 0.496 e. The Kier molecular flexibility index (Phi) is 3.21. The van der Waals surface area contributed by atoms with Gasteiger partial charge in [-0.3, -0.25) is 0 Å². The van der Waals surface area contributed by atoms with E-state index in [9.17, 15) is 9.59 Å². The van der Waals surface area contributed by atoms with Crippen LogP contribution in [0.1, 0.15) is 15.9 Å². The van der Waals surface area contributed by atoms with Crippen LogP contribution in [0.2, 0.25) is 0 Å². The highest BCUT2D eigenvalue weighted by molar-refractivity contribution is 5.94. The molecule has 0 aliphatic heterocycles. The molecule has 1 aromatic rings. The quantitative estimate of drug-likeness (QED) is 0.604. The molecule has 0 radical (unpaired) electrons. The maximum Gasteiger partial charge on any atom is 0.338 e. The Balaban J connectivity index is 3.44. The number of rotatable bonds is 3. The molecule has 0 saturated carbocycles. The molecule has 0 aliphatic carbocycles. The van der Waals surface area contributed by atoms with Gasteiger partial charge in [-0.05, 0) is 24.6 Å². The number of aryl methyl sites for hydroxylation is 1. The third-order valence-corrected chi connectivity index (χ3v) is 1.91. The molecule has 0 atom stereocenters. The van der Waals surface area contributed by atoms with Gasteiger partial charge >= 0.3 is 5.97 Å². The van der Waals surface area contributed by atoms with Gasteiger partial charge in [0.25, 0.3) is 0 Å². The average molecular weight is 207 g/mol. The number of carboxylic acid groups (broad SMARTS) is 1. The summed E-state index contributed by atoms with van der Waals surface area (Å²) >= 11 is 0. The van der Waals surface area contributed by atoms with Crippen molar-refractivity contribution >= 4 is 17.7 Å². The second kappa shape index (κ2) is 4.39. The van der Waals surface area contributed by atoms with Crippen molar-refractivity contribution in [2.45, 2.75) is 6.92 Å². The van der Waals surface area contributed by atoms with Gasteiger partial charge in [-0.15, -0.1) is 0 Å². The van der Waals surface area contributed by atoms with Crippen molar-refractivity contribution in [1.29, 1.82) is 0 Å². The number of methoxy groups -OCH3 is 1. The second-order valence-electron chi connectivity index (χ2n) is 2.85. The summed E-state index contributed by atoms with van der Waals surface area (Å²) in [6.07, 6.45) is 1.31. The highest BCUT2D eigenvalue weighted by Gasteiger charge is 2.13. The Bertz CT molecular complexity index is 447. The topological polar surface area (TPSA) is 76.0 Å². The Morgan fingerprint density at radius 3 is 2.67 bits per heavy atom.